The maximum Gasteiger partial charge on any atom is 0.239 e. The van der Waals surface area contributed by atoms with E-state index in [1.807, 2.05) is 24.9 Å². The summed E-state index contributed by atoms with van der Waals surface area (Å²) < 4.78 is 0. The summed E-state index contributed by atoms with van der Waals surface area (Å²) in [5.74, 6) is -0.0189. The van der Waals surface area contributed by atoms with E-state index in [9.17, 15) is 9.90 Å². The van der Waals surface area contributed by atoms with Gasteiger partial charge in [0.25, 0.3) is 0 Å². The fraction of sp³-hybridized carbons (Fsp3) is 0.500. The maximum atomic E-state index is 11.4. The number of pyridine rings is 1. The quantitative estimate of drug-likeness (QED) is 0.791. The Morgan fingerprint density at radius 1 is 1.59 bits per heavy atom. The molecule has 1 rings (SSSR count). The first-order valence-corrected chi connectivity index (χ1v) is 5.66. The van der Waals surface area contributed by atoms with Crippen molar-refractivity contribution >= 4 is 11.6 Å². The maximum absolute atomic E-state index is 11.4. The van der Waals surface area contributed by atoms with E-state index in [0.29, 0.717) is 18.8 Å². The number of hydrogen-bond acceptors (Lipinski definition) is 4. The average molecular weight is 237 g/mol. The van der Waals surface area contributed by atoms with Gasteiger partial charge in [0.2, 0.25) is 5.91 Å². The van der Waals surface area contributed by atoms with E-state index in [4.69, 9.17) is 0 Å². The highest BCUT2D eigenvalue weighted by atomic mass is 16.3. The van der Waals surface area contributed by atoms with Gasteiger partial charge in [0, 0.05) is 13.6 Å². The van der Waals surface area contributed by atoms with Gasteiger partial charge in [-0.1, -0.05) is 0 Å². The molecule has 1 atom stereocenters. The van der Waals surface area contributed by atoms with Crippen LogP contribution in [-0.2, 0) is 4.79 Å². The third-order valence-corrected chi connectivity index (χ3v) is 2.39. The van der Waals surface area contributed by atoms with Crippen LogP contribution >= 0.6 is 0 Å². The lowest BCUT2D eigenvalue weighted by Gasteiger charge is -2.18. The van der Waals surface area contributed by atoms with Crippen LogP contribution in [0.25, 0.3) is 0 Å². The first kappa shape index (κ1) is 13.4. The molecule has 0 aromatic carbocycles. The predicted octanol–water partition coefficient (Wildman–Crippen LogP) is 0.707. The summed E-state index contributed by atoms with van der Waals surface area (Å²) in [7, 11) is 1.83. The Morgan fingerprint density at radius 2 is 2.29 bits per heavy atom. The predicted molar refractivity (Wildman–Crippen MR) is 66.8 cm³/mol. The van der Waals surface area contributed by atoms with Crippen molar-refractivity contribution in [1.29, 1.82) is 0 Å². The van der Waals surface area contributed by atoms with E-state index in [1.54, 1.807) is 19.2 Å². The van der Waals surface area contributed by atoms with Crippen LogP contribution in [-0.4, -0.2) is 36.1 Å². The van der Waals surface area contributed by atoms with Gasteiger partial charge < -0.3 is 15.3 Å². The van der Waals surface area contributed by atoms with Crippen molar-refractivity contribution in [1.82, 2.24) is 10.3 Å². The molecule has 0 aliphatic heterocycles. The van der Waals surface area contributed by atoms with Crippen molar-refractivity contribution in [2.24, 2.45) is 0 Å². The number of aliphatic hydroxyl groups is 1. The molecule has 0 radical (unpaired) electrons. The number of aromatic nitrogens is 1. The average Bonchev–Trinajstić information content (AvgIpc) is 2.29. The van der Waals surface area contributed by atoms with Gasteiger partial charge in [0.15, 0.2) is 0 Å². The third-order valence-electron chi connectivity index (χ3n) is 2.39. The number of anilines is 1. The minimum Gasteiger partial charge on any atom is -0.387 e. The lowest BCUT2D eigenvalue weighted by atomic mass is 10.2. The van der Waals surface area contributed by atoms with Crippen LogP contribution in [0, 0.1) is 0 Å². The molecule has 0 saturated heterocycles. The van der Waals surface area contributed by atoms with E-state index >= 15 is 0 Å². The van der Waals surface area contributed by atoms with Gasteiger partial charge >= 0.3 is 0 Å². The van der Waals surface area contributed by atoms with Gasteiger partial charge in [-0.15, -0.1) is 0 Å². The number of aliphatic hydroxyl groups excluding tert-OH is 1. The van der Waals surface area contributed by atoms with E-state index in [1.165, 1.54) is 0 Å². The standard InChI is InChI=1S/C12H19N3O2/c1-4-13-12(17)8-15(3)10-5-6-11(9(2)16)14-7-10/h5-7,9,16H,4,8H2,1-3H3,(H,13,17). The second kappa shape index (κ2) is 6.20. The van der Waals surface area contributed by atoms with E-state index < -0.39 is 6.10 Å². The largest absolute Gasteiger partial charge is 0.387 e. The minimum atomic E-state index is -0.572. The van der Waals surface area contributed by atoms with Crippen molar-refractivity contribution < 1.29 is 9.90 Å². The number of rotatable bonds is 5. The highest BCUT2D eigenvalue weighted by Crippen LogP contribution is 2.14. The molecule has 0 spiro atoms. The Labute approximate surface area is 101 Å². The SMILES string of the molecule is CCNC(=O)CN(C)c1ccc(C(C)O)nc1. The molecule has 5 nitrogen and oxygen atoms in total. The summed E-state index contributed by atoms with van der Waals surface area (Å²) in [5, 5.41) is 12.1. The molecule has 0 bridgehead atoms. The Hall–Kier alpha value is -1.62. The number of carbonyl (C=O) groups is 1. The fourth-order valence-corrected chi connectivity index (χ4v) is 1.43. The highest BCUT2D eigenvalue weighted by Gasteiger charge is 2.08. The summed E-state index contributed by atoms with van der Waals surface area (Å²) in [4.78, 5) is 17.3. The first-order valence-electron chi connectivity index (χ1n) is 5.66. The molecule has 5 heteroatoms. The summed E-state index contributed by atoms with van der Waals surface area (Å²) in [6.07, 6.45) is 1.08. The fourth-order valence-electron chi connectivity index (χ4n) is 1.43. The molecular weight excluding hydrogens is 218 g/mol. The number of carbonyl (C=O) groups excluding carboxylic acids is 1. The summed E-state index contributed by atoms with van der Waals surface area (Å²) >= 11 is 0. The third kappa shape index (κ3) is 4.03. The van der Waals surface area contributed by atoms with Crippen molar-refractivity contribution in [3.05, 3.63) is 24.0 Å². The minimum absolute atomic E-state index is 0.0189. The van der Waals surface area contributed by atoms with Crippen LogP contribution in [0.1, 0.15) is 25.6 Å². The van der Waals surface area contributed by atoms with Crippen LogP contribution in [0.5, 0.6) is 0 Å². The summed E-state index contributed by atoms with van der Waals surface area (Å²) in [6.45, 7) is 4.48. The van der Waals surface area contributed by atoms with Crippen LogP contribution < -0.4 is 10.2 Å². The second-order valence-electron chi connectivity index (χ2n) is 3.93. The van der Waals surface area contributed by atoms with Crippen LogP contribution in [0.15, 0.2) is 18.3 Å². The number of amides is 1. The van der Waals surface area contributed by atoms with Crippen molar-refractivity contribution in [3.8, 4) is 0 Å². The molecule has 1 heterocycles. The number of nitrogens with zero attached hydrogens (tertiary/aromatic N) is 2. The van der Waals surface area contributed by atoms with Gasteiger partial charge in [0.05, 0.1) is 30.2 Å². The van der Waals surface area contributed by atoms with Crippen LogP contribution in [0.2, 0.25) is 0 Å². The summed E-state index contributed by atoms with van der Waals surface area (Å²) in [5.41, 5.74) is 1.47. The van der Waals surface area contributed by atoms with Crippen molar-refractivity contribution in [2.75, 3.05) is 25.0 Å². The van der Waals surface area contributed by atoms with Crippen molar-refractivity contribution in [2.45, 2.75) is 20.0 Å². The van der Waals surface area contributed by atoms with E-state index in [0.717, 1.165) is 5.69 Å². The Morgan fingerprint density at radius 3 is 2.76 bits per heavy atom. The Bertz CT molecular complexity index is 363. The summed E-state index contributed by atoms with van der Waals surface area (Å²) in [6, 6.07) is 3.60. The molecule has 1 aromatic rings. The number of hydrogen-bond donors (Lipinski definition) is 2. The first-order chi connectivity index (χ1) is 8.04. The molecule has 0 aliphatic rings. The monoisotopic (exact) mass is 237 g/mol. The Balaban J connectivity index is 2.63. The Kier molecular flexibility index (Phi) is 4.90. The molecule has 0 aliphatic carbocycles. The zero-order valence-electron chi connectivity index (χ0n) is 10.5. The number of likely N-dealkylation sites (N-methyl/N-ethyl adjacent to an activating group) is 2. The van der Waals surface area contributed by atoms with Gasteiger partial charge in [0.1, 0.15) is 0 Å². The van der Waals surface area contributed by atoms with Gasteiger partial charge in [-0.3, -0.25) is 9.78 Å². The zero-order chi connectivity index (χ0) is 12.8. The van der Waals surface area contributed by atoms with Crippen molar-refractivity contribution in [3.63, 3.8) is 0 Å². The van der Waals surface area contributed by atoms with Crippen LogP contribution in [0.3, 0.4) is 0 Å². The normalized spacial score (nSPS) is 12.0. The molecule has 1 aromatic heterocycles. The van der Waals surface area contributed by atoms with Gasteiger partial charge in [-0.05, 0) is 26.0 Å². The molecule has 2 N–H and O–H groups in total. The lowest BCUT2D eigenvalue weighted by molar-refractivity contribution is -0.119. The van der Waals surface area contributed by atoms with E-state index in [-0.39, 0.29) is 5.91 Å². The smallest absolute Gasteiger partial charge is 0.239 e. The molecular formula is C12H19N3O2. The van der Waals surface area contributed by atoms with Crippen LogP contribution in [0.4, 0.5) is 5.69 Å². The van der Waals surface area contributed by atoms with Gasteiger partial charge in [-0.25, -0.2) is 0 Å². The molecule has 0 fully saturated rings. The highest BCUT2D eigenvalue weighted by molar-refractivity contribution is 5.81. The lowest BCUT2D eigenvalue weighted by Crippen LogP contribution is -2.35. The topological polar surface area (TPSA) is 65.5 Å². The zero-order valence-corrected chi connectivity index (χ0v) is 10.5. The molecule has 0 saturated carbocycles. The molecule has 1 unspecified atom stereocenters. The van der Waals surface area contributed by atoms with Gasteiger partial charge in [-0.2, -0.15) is 0 Å². The van der Waals surface area contributed by atoms with E-state index in [2.05, 4.69) is 10.3 Å². The number of nitrogens with one attached hydrogen (secondary N) is 1. The molecule has 17 heavy (non-hydrogen) atoms. The second-order valence-corrected chi connectivity index (χ2v) is 3.93. The molecule has 1 amide bonds. The molecule has 94 valence electrons.